The number of anilines is 1. The van der Waals surface area contributed by atoms with Gasteiger partial charge in [-0.3, -0.25) is 14.5 Å². The highest BCUT2D eigenvalue weighted by molar-refractivity contribution is 5.97. The second kappa shape index (κ2) is 15.7. The van der Waals surface area contributed by atoms with Gasteiger partial charge in [-0.25, -0.2) is 9.37 Å². The van der Waals surface area contributed by atoms with Crippen LogP contribution >= 0.6 is 0 Å². The molecule has 0 radical (unpaired) electrons. The lowest BCUT2D eigenvalue weighted by Gasteiger charge is -2.53. The molecule has 0 bridgehead atoms. The Morgan fingerprint density at radius 2 is 1.81 bits per heavy atom. The van der Waals surface area contributed by atoms with Crippen molar-refractivity contribution in [2.45, 2.75) is 72.9 Å². The molecule has 0 aliphatic carbocycles. The zero-order chi connectivity index (χ0) is 34.5. The smallest absolute Gasteiger partial charge is 0.282 e. The van der Waals surface area contributed by atoms with Crippen molar-refractivity contribution in [2.75, 3.05) is 71.9 Å². The fraction of sp³-hybridized carbons (Fsp3) is 0.686. The molecular weight excluding hydrogens is 599 g/mol. The van der Waals surface area contributed by atoms with Gasteiger partial charge in [-0.05, 0) is 77.7 Å². The first-order valence-corrected chi connectivity index (χ1v) is 17.1. The molecule has 47 heavy (non-hydrogen) atoms. The van der Waals surface area contributed by atoms with Gasteiger partial charge in [0, 0.05) is 76.8 Å². The van der Waals surface area contributed by atoms with Crippen molar-refractivity contribution in [2.24, 2.45) is 17.3 Å². The van der Waals surface area contributed by atoms with E-state index in [0.717, 1.165) is 58.5 Å². The van der Waals surface area contributed by atoms with Crippen LogP contribution in [0.4, 0.5) is 10.2 Å². The maximum atomic E-state index is 14.3. The Bertz CT molecular complexity index is 1370. The van der Waals surface area contributed by atoms with Crippen molar-refractivity contribution in [1.29, 1.82) is 0 Å². The molecule has 1 aromatic carbocycles. The molecule has 2 aromatic rings. The Morgan fingerprint density at radius 1 is 1.09 bits per heavy atom. The van der Waals surface area contributed by atoms with Gasteiger partial charge in [0.1, 0.15) is 17.9 Å². The van der Waals surface area contributed by atoms with Gasteiger partial charge in [0.2, 0.25) is 5.91 Å². The van der Waals surface area contributed by atoms with Crippen LogP contribution in [-0.2, 0) is 4.79 Å². The predicted octanol–water partition coefficient (Wildman–Crippen LogP) is 4.65. The van der Waals surface area contributed by atoms with Crippen molar-refractivity contribution in [3.63, 3.8) is 0 Å². The number of hydrogen-bond donors (Lipinski definition) is 0. The average Bonchev–Trinajstić information content (AvgIpc) is 3.45. The van der Waals surface area contributed by atoms with Gasteiger partial charge in [0.25, 0.3) is 11.8 Å². The van der Waals surface area contributed by atoms with Crippen LogP contribution in [0.2, 0.25) is 0 Å². The van der Waals surface area contributed by atoms with E-state index in [1.807, 2.05) is 41.8 Å². The van der Waals surface area contributed by atoms with Crippen LogP contribution in [-0.4, -0.2) is 126 Å². The van der Waals surface area contributed by atoms with Crippen molar-refractivity contribution in [3.8, 4) is 11.6 Å². The van der Waals surface area contributed by atoms with Crippen molar-refractivity contribution in [3.05, 3.63) is 35.9 Å². The maximum absolute atomic E-state index is 14.3. The quantitative estimate of drug-likeness (QED) is 0.272. The van der Waals surface area contributed by atoms with Crippen LogP contribution in [0, 0.1) is 23.1 Å². The SMILES string of the molecule is CCN(C(=O)c1cc(F)ccc1Oc1nncnc1N1CCC2(C1)CN([C@H](CCCN(C)C[C@@H](C)C(=O)N(C)C)C(C)C)C2)C(C)C. The number of hydrogen-bond acceptors (Lipinski definition) is 9. The number of ether oxygens (including phenoxy) is 1. The van der Waals surface area contributed by atoms with Gasteiger partial charge >= 0.3 is 0 Å². The Morgan fingerprint density at radius 3 is 2.45 bits per heavy atom. The van der Waals surface area contributed by atoms with E-state index < -0.39 is 5.82 Å². The van der Waals surface area contributed by atoms with Gasteiger partial charge in [-0.15, -0.1) is 10.2 Å². The molecule has 2 saturated heterocycles. The number of amides is 2. The summed E-state index contributed by atoms with van der Waals surface area (Å²) >= 11 is 0. The second-order valence-corrected chi connectivity index (χ2v) is 14.4. The monoisotopic (exact) mass is 654 g/mol. The van der Waals surface area contributed by atoms with E-state index >= 15 is 0 Å². The average molecular weight is 655 g/mol. The molecule has 2 fully saturated rings. The molecule has 2 aliphatic heterocycles. The molecule has 4 rings (SSSR count). The number of carbonyl (C=O) groups is 2. The molecule has 1 aromatic heterocycles. The lowest BCUT2D eigenvalue weighted by molar-refractivity contribution is -0.132. The summed E-state index contributed by atoms with van der Waals surface area (Å²) in [6, 6.07) is 4.43. The molecule has 0 unspecified atom stereocenters. The lowest BCUT2D eigenvalue weighted by Crippen LogP contribution is -2.62. The minimum atomic E-state index is -0.508. The molecule has 3 heterocycles. The standard InChI is InChI=1S/C35H55FN8O3/c1-10-44(25(4)5)34(46)28-18-27(36)13-14-30(28)47-32-31(37-23-38-39-32)42-17-15-35(20-42)21-43(22-35)29(24(2)3)12-11-16-41(9)19-26(6)33(45)40(7)8/h13-14,18,23-26,29H,10-12,15-17,19-22H2,1-9H3/t26-,29-/m1/s1. The molecule has 2 atom stereocenters. The van der Waals surface area contributed by atoms with E-state index in [1.165, 1.54) is 24.5 Å². The molecule has 0 N–H and O–H groups in total. The molecule has 2 aliphatic rings. The third-order valence-corrected chi connectivity index (χ3v) is 9.72. The van der Waals surface area contributed by atoms with Crippen LogP contribution in [0.3, 0.4) is 0 Å². The maximum Gasteiger partial charge on any atom is 0.282 e. The van der Waals surface area contributed by atoms with Gasteiger partial charge in [0.05, 0.1) is 5.56 Å². The van der Waals surface area contributed by atoms with E-state index in [4.69, 9.17) is 4.74 Å². The number of nitrogens with zero attached hydrogens (tertiary/aromatic N) is 8. The molecule has 0 saturated carbocycles. The zero-order valence-corrected chi connectivity index (χ0v) is 29.9. The van der Waals surface area contributed by atoms with Crippen LogP contribution in [0.25, 0.3) is 0 Å². The summed E-state index contributed by atoms with van der Waals surface area (Å²) in [6.07, 6.45) is 4.67. The van der Waals surface area contributed by atoms with Crippen molar-refractivity contribution >= 4 is 17.6 Å². The second-order valence-electron chi connectivity index (χ2n) is 14.4. The topological polar surface area (TPSA) is 98.2 Å². The summed E-state index contributed by atoms with van der Waals surface area (Å²) in [6.45, 7) is 18.3. The minimum Gasteiger partial charge on any atom is -0.434 e. The summed E-state index contributed by atoms with van der Waals surface area (Å²) in [5, 5.41) is 8.22. The van der Waals surface area contributed by atoms with Crippen molar-refractivity contribution < 1.29 is 18.7 Å². The lowest BCUT2D eigenvalue weighted by atomic mass is 9.76. The Hall–Kier alpha value is -3.38. The van der Waals surface area contributed by atoms with E-state index in [2.05, 4.69) is 50.8 Å². The van der Waals surface area contributed by atoms with Crippen LogP contribution in [0.15, 0.2) is 24.5 Å². The van der Waals surface area contributed by atoms with Crippen LogP contribution in [0.1, 0.15) is 71.2 Å². The first-order chi connectivity index (χ1) is 22.2. The van der Waals surface area contributed by atoms with E-state index in [0.29, 0.717) is 24.3 Å². The summed E-state index contributed by atoms with van der Waals surface area (Å²) in [7, 11) is 5.73. The van der Waals surface area contributed by atoms with Gasteiger partial charge in [0.15, 0.2) is 5.82 Å². The number of rotatable bonds is 15. The molecule has 260 valence electrons. The van der Waals surface area contributed by atoms with Crippen molar-refractivity contribution in [1.82, 2.24) is 34.8 Å². The number of benzene rings is 1. The minimum absolute atomic E-state index is 0.0102. The highest BCUT2D eigenvalue weighted by Crippen LogP contribution is 2.44. The van der Waals surface area contributed by atoms with Gasteiger partial charge in [-0.1, -0.05) is 20.8 Å². The zero-order valence-electron chi connectivity index (χ0n) is 29.9. The van der Waals surface area contributed by atoms with Crippen LogP contribution in [0.5, 0.6) is 11.6 Å². The third-order valence-electron chi connectivity index (χ3n) is 9.72. The number of likely N-dealkylation sites (tertiary alicyclic amines) is 1. The highest BCUT2D eigenvalue weighted by Gasteiger charge is 2.50. The van der Waals surface area contributed by atoms with E-state index in [9.17, 15) is 14.0 Å². The summed E-state index contributed by atoms with van der Waals surface area (Å²) in [4.78, 5) is 40.6. The Balaban J connectivity index is 1.37. The molecule has 1 spiro atoms. The summed E-state index contributed by atoms with van der Waals surface area (Å²) in [5.74, 6) is 0.917. The van der Waals surface area contributed by atoms with Crippen LogP contribution < -0.4 is 9.64 Å². The Kier molecular flexibility index (Phi) is 12.2. The Labute approximate surface area is 280 Å². The molecule has 12 heteroatoms. The first-order valence-electron chi connectivity index (χ1n) is 17.1. The summed E-state index contributed by atoms with van der Waals surface area (Å²) < 4.78 is 20.5. The van der Waals surface area contributed by atoms with E-state index in [-0.39, 0.29) is 46.4 Å². The molecular formula is C35H55FN8O3. The molecule has 2 amide bonds. The third kappa shape index (κ3) is 8.76. The molecule has 11 nitrogen and oxygen atoms in total. The van der Waals surface area contributed by atoms with E-state index in [1.54, 1.807) is 9.80 Å². The number of halogens is 1. The number of carbonyl (C=O) groups excluding carboxylic acids is 2. The first kappa shape index (κ1) is 36.5. The fourth-order valence-corrected chi connectivity index (χ4v) is 7.31. The predicted molar refractivity (Wildman–Crippen MR) is 182 cm³/mol. The van der Waals surface area contributed by atoms with Gasteiger partial charge in [-0.2, -0.15) is 0 Å². The number of aromatic nitrogens is 3. The highest BCUT2D eigenvalue weighted by atomic mass is 19.1. The summed E-state index contributed by atoms with van der Waals surface area (Å²) in [5.41, 5.74) is 0.316. The largest absolute Gasteiger partial charge is 0.434 e. The normalized spacial score (nSPS) is 17.3. The fourth-order valence-electron chi connectivity index (χ4n) is 7.31. The van der Waals surface area contributed by atoms with Gasteiger partial charge < -0.3 is 24.3 Å².